The van der Waals surface area contributed by atoms with Gasteiger partial charge in [0, 0.05) is 30.9 Å². The first-order valence-corrected chi connectivity index (χ1v) is 9.00. The minimum atomic E-state index is 0.0251. The van der Waals surface area contributed by atoms with Crippen LogP contribution < -0.4 is 5.32 Å². The quantitative estimate of drug-likeness (QED) is 0.868. The summed E-state index contributed by atoms with van der Waals surface area (Å²) >= 11 is 0. The summed E-state index contributed by atoms with van der Waals surface area (Å²) in [6.45, 7) is 2.23. The molecule has 4 fully saturated rings. The predicted molar refractivity (Wildman–Crippen MR) is 90.5 cm³/mol. The zero-order chi connectivity index (χ0) is 16.0. The van der Waals surface area contributed by atoms with E-state index in [-0.39, 0.29) is 11.9 Å². The van der Waals surface area contributed by atoms with E-state index in [1.54, 1.807) is 17.0 Å². The normalized spacial score (nSPS) is 36.5. The topological polar surface area (TPSA) is 46.9 Å². The van der Waals surface area contributed by atoms with E-state index in [0.717, 1.165) is 23.3 Å². The molecule has 124 valence electrons. The second-order valence-corrected chi connectivity index (χ2v) is 8.29. The molecule has 0 spiro atoms. The van der Waals surface area contributed by atoms with E-state index in [9.17, 15) is 4.79 Å². The highest BCUT2D eigenvalue weighted by Crippen LogP contribution is 2.61. The third-order valence-corrected chi connectivity index (χ3v) is 6.51. The average Bonchev–Trinajstić information content (AvgIpc) is 2.89. The molecule has 5 rings (SSSR count). The Morgan fingerprint density at radius 3 is 2.43 bits per heavy atom. The molecule has 4 aliphatic carbocycles. The molecule has 4 saturated carbocycles. The standard InChI is InChI=1S/C19H27N3O/c1-13(21-18(23)4-3-14-11-20-22(2)12-14)19-8-15-5-16(9-19)7-17(6-15)10-19/h3-4,11-13,15-17H,5-10H2,1-2H3,(H,21,23)/b4-3-/t13-,15?,16?,17?,19?/m1/s1. The number of nitrogens with zero attached hydrogens (tertiary/aromatic N) is 2. The van der Waals surface area contributed by atoms with Gasteiger partial charge in [-0.05, 0) is 74.7 Å². The van der Waals surface area contributed by atoms with E-state index in [1.165, 1.54) is 38.5 Å². The van der Waals surface area contributed by atoms with Crippen molar-refractivity contribution >= 4 is 12.0 Å². The molecule has 0 aliphatic heterocycles. The predicted octanol–water partition coefficient (Wildman–Crippen LogP) is 3.15. The van der Waals surface area contributed by atoms with Crippen LogP contribution in [-0.4, -0.2) is 21.7 Å². The molecule has 1 aromatic heterocycles. The zero-order valence-electron chi connectivity index (χ0n) is 14.2. The first-order chi connectivity index (χ1) is 11.0. The van der Waals surface area contributed by atoms with Crippen molar-refractivity contribution in [3.8, 4) is 0 Å². The van der Waals surface area contributed by atoms with Crippen molar-refractivity contribution in [2.45, 2.75) is 51.5 Å². The third-order valence-electron chi connectivity index (χ3n) is 6.51. The summed E-state index contributed by atoms with van der Waals surface area (Å²) in [6, 6.07) is 0.280. The van der Waals surface area contributed by atoms with Gasteiger partial charge in [0.2, 0.25) is 5.91 Å². The van der Waals surface area contributed by atoms with Gasteiger partial charge in [0.15, 0.2) is 0 Å². The van der Waals surface area contributed by atoms with Crippen LogP contribution in [0, 0.1) is 23.2 Å². The average molecular weight is 313 g/mol. The molecule has 0 saturated heterocycles. The van der Waals surface area contributed by atoms with Crippen molar-refractivity contribution in [1.82, 2.24) is 15.1 Å². The Morgan fingerprint density at radius 1 is 1.30 bits per heavy atom. The van der Waals surface area contributed by atoms with E-state index >= 15 is 0 Å². The lowest BCUT2D eigenvalue weighted by Crippen LogP contribution is -2.55. The number of hydrogen-bond donors (Lipinski definition) is 1. The van der Waals surface area contributed by atoms with Crippen molar-refractivity contribution in [2.75, 3.05) is 0 Å². The van der Waals surface area contributed by atoms with Crippen LogP contribution in [0.1, 0.15) is 51.0 Å². The number of rotatable bonds is 4. The zero-order valence-corrected chi connectivity index (χ0v) is 14.2. The number of aromatic nitrogens is 2. The lowest BCUT2D eigenvalue weighted by atomic mass is 9.48. The summed E-state index contributed by atoms with van der Waals surface area (Å²) in [5.41, 5.74) is 1.33. The minimum absolute atomic E-state index is 0.0251. The fourth-order valence-electron chi connectivity index (χ4n) is 5.82. The molecule has 23 heavy (non-hydrogen) atoms. The fourth-order valence-corrected chi connectivity index (χ4v) is 5.82. The van der Waals surface area contributed by atoms with Crippen molar-refractivity contribution < 1.29 is 4.79 Å². The van der Waals surface area contributed by atoms with Crippen LogP contribution in [0.15, 0.2) is 18.5 Å². The van der Waals surface area contributed by atoms with Crippen LogP contribution in [0.3, 0.4) is 0 Å². The van der Waals surface area contributed by atoms with Crippen molar-refractivity contribution in [2.24, 2.45) is 30.2 Å². The van der Waals surface area contributed by atoms with E-state index in [0.29, 0.717) is 5.41 Å². The smallest absolute Gasteiger partial charge is 0.244 e. The molecule has 4 heteroatoms. The van der Waals surface area contributed by atoms with E-state index in [4.69, 9.17) is 0 Å². The van der Waals surface area contributed by atoms with E-state index < -0.39 is 0 Å². The first-order valence-electron chi connectivity index (χ1n) is 9.00. The number of carbonyl (C=O) groups excluding carboxylic acids is 1. The lowest BCUT2D eigenvalue weighted by molar-refractivity contribution is -0.121. The summed E-state index contributed by atoms with van der Waals surface area (Å²) in [5, 5.41) is 7.38. The van der Waals surface area contributed by atoms with Gasteiger partial charge in [-0.2, -0.15) is 5.10 Å². The molecular weight excluding hydrogens is 286 g/mol. The highest BCUT2D eigenvalue weighted by molar-refractivity contribution is 5.91. The number of nitrogens with one attached hydrogen (secondary N) is 1. The van der Waals surface area contributed by atoms with Gasteiger partial charge in [-0.15, -0.1) is 0 Å². The Kier molecular flexibility index (Phi) is 3.58. The summed E-state index contributed by atoms with van der Waals surface area (Å²) in [7, 11) is 1.88. The van der Waals surface area contributed by atoms with E-state index in [2.05, 4.69) is 17.3 Å². The van der Waals surface area contributed by atoms with Crippen LogP contribution in [0.25, 0.3) is 6.08 Å². The minimum Gasteiger partial charge on any atom is -0.350 e. The number of aryl methyl sites for hydroxylation is 1. The highest BCUT2D eigenvalue weighted by Gasteiger charge is 2.53. The van der Waals surface area contributed by atoms with Crippen LogP contribution in [0.4, 0.5) is 0 Å². The molecule has 0 aromatic carbocycles. The molecule has 4 nitrogen and oxygen atoms in total. The molecule has 1 heterocycles. The van der Waals surface area contributed by atoms with Crippen LogP contribution in [0.5, 0.6) is 0 Å². The van der Waals surface area contributed by atoms with Crippen LogP contribution >= 0.6 is 0 Å². The second kappa shape index (κ2) is 5.50. The van der Waals surface area contributed by atoms with Gasteiger partial charge in [-0.25, -0.2) is 0 Å². The molecule has 4 aliphatic rings. The fraction of sp³-hybridized carbons (Fsp3) is 0.684. The Hall–Kier alpha value is -1.58. The van der Waals surface area contributed by atoms with Gasteiger partial charge in [-0.3, -0.25) is 9.48 Å². The second-order valence-electron chi connectivity index (χ2n) is 8.29. The maximum Gasteiger partial charge on any atom is 0.244 e. The SMILES string of the molecule is C[C@@H](NC(=O)/C=C\c1cnn(C)c1)C12CC3CC(CC(C3)C1)C2. The summed E-state index contributed by atoms with van der Waals surface area (Å²) in [4.78, 5) is 12.3. The Labute approximate surface area is 138 Å². The summed E-state index contributed by atoms with van der Waals surface area (Å²) in [5.74, 6) is 2.79. The van der Waals surface area contributed by atoms with Gasteiger partial charge >= 0.3 is 0 Å². The molecule has 1 N–H and O–H groups in total. The highest BCUT2D eigenvalue weighted by atomic mass is 16.1. The Bertz CT molecular complexity index is 595. The van der Waals surface area contributed by atoms with Gasteiger partial charge < -0.3 is 5.32 Å². The lowest BCUT2D eigenvalue weighted by Gasteiger charge is -2.59. The molecular formula is C19H27N3O. The molecule has 0 radical (unpaired) electrons. The monoisotopic (exact) mass is 313 g/mol. The molecule has 1 atom stereocenters. The van der Waals surface area contributed by atoms with Crippen molar-refractivity contribution in [3.63, 3.8) is 0 Å². The molecule has 4 bridgehead atoms. The number of amides is 1. The molecule has 0 unspecified atom stereocenters. The largest absolute Gasteiger partial charge is 0.350 e. The summed E-state index contributed by atoms with van der Waals surface area (Å²) < 4.78 is 1.75. The van der Waals surface area contributed by atoms with Gasteiger partial charge in [0.1, 0.15) is 0 Å². The maximum atomic E-state index is 12.3. The molecule has 1 aromatic rings. The van der Waals surface area contributed by atoms with Crippen molar-refractivity contribution in [1.29, 1.82) is 0 Å². The summed E-state index contributed by atoms with van der Waals surface area (Å²) in [6.07, 6.45) is 15.5. The van der Waals surface area contributed by atoms with Gasteiger partial charge in [-0.1, -0.05) is 0 Å². The van der Waals surface area contributed by atoms with Crippen LogP contribution in [0.2, 0.25) is 0 Å². The van der Waals surface area contributed by atoms with E-state index in [1.807, 2.05) is 19.3 Å². The first kappa shape index (κ1) is 15.0. The number of carbonyl (C=O) groups is 1. The third kappa shape index (κ3) is 2.84. The maximum absolute atomic E-state index is 12.3. The Balaban J connectivity index is 1.40. The van der Waals surface area contributed by atoms with Crippen LogP contribution in [-0.2, 0) is 11.8 Å². The molecule has 1 amide bonds. The Morgan fingerprint density at radius 2 is 1.91 bits per heavy atom. The number of hydrogen-bond acceptors (Lipinski definition) is 2. The van der Waals surface area contributed by atoms with Gasteiger partial charge in [0.05, 0.1) is 6.20 Å². The van der Waals surface area contributed by atoms with Crippen molar-refractivity contribution in [3.05, 3.63) is 24.0 Å². The van der Waals surface area contributed by atoms with Gasteiger partial charge in [0.25, 0.3) is 0 Å².